The van der Waals surface area contributed by atoms with Crippen LogP contribution in [0.25, 0.3) is 0 Å². The predicted molar refractivity (Wildman–Crippen MR) is 83.9 cm³/mol. The number of rotatable bonds is 2. The van der Waals surface area contributed by atoms with Crippen molar-refractivity contribution in [3.05, 3.63) is 35.6 Å². The Hall–Kier alpha value is -1.62. The Morgan fingerprint density at radius 2 is 1.91 bits per heavy atom. The number of ether oxygens (including phenoxy) is 1. The van der Waals surface area contributed by atoms with Gasteiger partial charge in [0.1, 0.15) is 11.4 Å². The van der Waals surface area contributed by atoms with Crippen LogP contribution >= 0.6 is 0 Å². The molecule has 1 fully saturated rings. The minimum absolute atomic E-state index is 0.176. The first kappa shape index (κ1) is 16.7. The van der Waals surface area contributed by atoms with Crippen molar-refractivity contribution in [1.29, 1.82) is 0 Å². The molecular weight excluding hydrogens is 283 g/mol. The molecule has 0 unspecified atom stereocenters. The van der Waals surface area contributed by atoms with Gasteiger partial charge in [0, 0.05) is 24.7 Å². The molecule has 1 atom stereocenters. The zero-order chi connectivity index (χ0) is 16.3. The Bertz CT molecular complexity index is 520. The van der Waals surface area contributed by atoms with Crippen molar-refractivity contribution in [1.82, 2.24) is 4.90 Å². The van der Waals surface area contributed by atoms with Gasteiger partial charge in [-0.3, -0.25) is 0 Å². The normalized spacial score (nSPS) is 18.1. The standard InChI is InChI=1S/C17H25FN2O2/c1-17(2,3)22-16(21)20-10-8-12(9-11-20)15(19)13-6-4-5-7-14(13)18/h4-7,12,15H,8-11,19H2,1-3H3/t15-/m1/s1. The number of hydrogen-bond donors (Lipinski definition) is 1. The van der Waals surface area contributed by atoms with Crippen molar-refractivity contribution in [3.8, 4) is 0 Å². The molecular formula is C17H25FN2O2. The number of carbonyl (C=O) groups excluding carboxylic acids is 1. The summed E-state index contributed by atoms with van der Waals surface area (Å²) in [5, 5.41) is 0. The summed E-state index contributed by atoms with van der Waals surface area (Å²) < 4.78 is 19.2. The summed E-state index contributed by atoms with van der Waals surface area (Å²) in [6.45, 7) is 6.76. The quantitative estimate of drug-likeness (QED) is 0.910. The van der Waals surface area contributed by atoms with Crippen LogP contribution in [0.5, 0.6) is 0 Å². The summed E-state index contributed by atoms with van der Waals surface area (Å²) in [6.07, 6.45) is 1.23. The number of halogens is 1. The second kappa shape index (κ2) is 6.65. The van der Waals surface area contributed by atoms with Crippen LogP contribution in [0.2, 0.25) is 0 Å². The van der Waals surface area contributed by atoms with Crippen LogP contribution in [0.3, 0.4) is 0 Å². The summed E-state index contributed by atoms with van der Waals surface area (Å²) in [6, 6.07) is 6.30. The van der Waals surface area contributed by atoms with E-state index in [1.807, 2.05) is 20.8 Å². The van der Waals surface area contributed by atoms with Crippen LogP contribution in [0.4, 0.5) is 9.18 Å². The molecule has 0 saturated carbocycles. The van der Waals surface area contributed by atoms with E-state index in [-0.39, 0.29) is 23.9 Å². The molecule has 1 heterocycles. The number of piperidine rings is 1. The first-order valence-corrected chi connectivity index (χ1v) is 7.76. The average molecular weight is 308 g/mol. The molecule has 1 aromatic carbocycles. The van der Waals surface area contributed by atoms with Gasteiger partial charge in [0.05, 0.1) is 0 Å². The summed E-state index contributed by atoms with van der Waals surface area (Å²) in [5.41, 5.74) is 6.28. The molecule has 5 heteroatoms. The second-order valence-electron chi connectivity index (χ2n) is 6.85. The molecule has 1 aliphatic rings. The van der Waals surface area contributed by atoms with Crippen molar-refractivity contribution in [2.75, 3.05) is 13.1 Å². The van der Waals surface area contributed by atoms with Gasteiger partial charge in [-0.25, -0.2) is 9.18 Å². The molecule has 1 saturated heterocycles. The van der Waals surface area contributed by atoms with Crippen LogP contribution in [-0.2, 0) is 4.74 Å². The average Bonchev–Trinajstić information content (AvgIpc) is 2.45. The summed E-state index contributed by atoms with van der Waals surface area (Å²) in [5.74, 6) is -0.0832. The van der Waals surface area contributed by atoms with Gasteiger partial charge >= 0.3 is 6.09 Å². The van der Waals surface area contributed by atoms with Gasteiger partial charge in [0.25, 0.3) is 0 Å². The third-order valence-corrected chi connectivity index (χ3v) is 3.96. The smallest absolute Gasteiger partial charge is 0.410 e. The van der Waals surface area contributed by atoms with E-state index in [0.717, 1.165) is 12.8 Å². The van der Waals surface area contributed by atoms with Gasteiger partial charge < -0.3 is 15.4 Å². The van der Waals surface area contributed by atoms with E-state index in [4.69, 9.17) is 10.5 Å². The maximum absolute atomic E-state index is 13.8. The molecule has 22 heavy (non-hydrogen) atoms. The van der Waals surface area contributed by atoms with Crippen LogP contribution in [0.1, 0.15) is 45.2 Å². The van der Waals surface area contributed by atoms with Crippen LogP contribution in [-0.4, -0.2) is 29.7 Å². The lowest BCUT2D eigenvalue weighted by molar-refractivity contribution is 0.0174. The highest BCUT2D eigenvalue weighted by atomic mass is 19.1. The van der Waals surface area contributed by atoms with Gasteiger partial charge in [-0.1, -0.05) is 18.2 Å². The van der Waals surface area contributed by atoms with E-state index in [1.54, 1.807) is 23.1 Å². The molecule has 122 valence electrons. The fourth-order valence-electron chi connectivity index (χ4n) is 2.77. The summed E-state index contributed by atoms with van der Waals surface area (Å²) in [4.78, 5) is 13.7. The molecule has 2 rings (SSSR count). The number of likely N-dealkylation sites (tertiary alicyclic amines) is 1. The molecule has 1 aromatic rings. The first-order chi connectivity index (χ1) is 10.3. The van der Waals surface area contributed by atoms with Gasteiger partial charge in [0.15, 0.2) is 0 Å². The number of hydrogen-bond acceptors (Lipinski definition) is 3. The third-order valence-electron chi connectivity index (χ3n) is 3.96. The maximum Gasteiger partial charge on any atom is 0.410 e. The Balaban J connectivity index is 1.92. The lowest BCUT2D eigenvalue weighted by atomic mass is 9.86. The fourth-order valence-corrected chi connectivity index (χ4v) is 2.77. The second-order valence-corrected chi connectivity index (χ2v) is 6.85. The number of nitrogens with two attached hydrogens (primary N) is 1. The highest BCUT2D eigenvalue weighted by Crippen LogP contribution is 2.30. The Morgan fingerprint density at radius 3 is 2.45 bits per heavy atom. The molecule has 0 aromatic heterocycles. The van der Waals surface area contributed by atoms with E-state index in [1.165, 1.54) is 6.07 Å². The molecule has 0 radical (unpaired) electrons. The zero-order valence-corrected chi connectivity index (χ0v) is 13.5. The molecule has 0 bridgehead atoms. The van der Waals surface area contributed by atoms with Crippen molar-refractivity contribution >= 4 is 6.09 Å². The van der Waals surface area contributed by atoms with Crippen LogP contribution < -0.4 is 5.73 Å². The lowest BCUT2D eigenvalue weighted by Crippen LogP contribution is -2.43. The maximum atomic E-state index is 13.8. The summed E-state index contributed by atoms with van der Waals surface area (Å²) >= 11 is 0. The highest BCUT2D eigenvalue weighted by molar-refractivity contribution is 5.68. The number of benzene rings is 1. The first-order valence-electron chi connectivity index (χ1n) is 7.76. The van der Waals surface area contributed by atoms with Crippen molar-refractivity contribution < 1.29 is 13.9 Å². The SMILES string of the molecule is CC(C)(C)OC(=O)N1CCC([C@@H](N)c2ccccc2F)CC1. The number of nitrogens with zero attached hydrogens (tertiary/aromatic N) is 1. The minimum atomic E-state index is -0.489. The third kappa shape index (κ3) is 4.19. The monoisotopic (exact) mass is 308 g/mol. The molecule has 4 nitrogen and oxygen atoms in total. The Kier molecular flexibility index (Phi) is 5.06. The van der Waals surface area contributed by atoms with E-state index < -0.39 is 5.60 Å². The van der Waals surface area contributed by atoms with E-state index >= 15 is 0 Å². The Morgan fingerprint density at radius 1 is 1.32 bits per heavy atom. The predicted octanol–water partition coefficient (Wildman–Crippen LogP) is 3.47. The van der Waals surface area contributed by atoms with Gasteiger partial charge in [-0.05, 0) is 45.6 Å². The van der Waals surface area contributed by atoms with E-state index in [9.17, 15) is 9.18 Å². The van der Waals surface area contributed by atoms with Crippen molar-refractivity contribution in [2.24, 2.45) is 11.7 Å². The molecule has 1 aliphatic heterocycles. The minimum Gasteiger partial charge on any atom is -0.444 e. The fraction of sp³-hybridized carbons (Fsp3) is 0.588. The van der Waals surface area contributed by atoms with E-state index in [2.05, 4.69) is 0 Å². The van der Waals surface area contributed by atoms with Gasteiger partial charge in [0.2, 0.25) is 0 Å². The number of carbonyl (C=O) groups is 1. The van der Waals surface area contributed by atoms with Crippen LogP contribution in [0, 0.1) is 11.7 Å². The summed E-state index contributed by atoms with van der Waals surface area (Å²) in [7, 11) is 0. The van der Waals surface area contributed by atoms with Gasteiger partial charge in [-0.15, -0.1) is 0 Å². The lowest BCUT2D eigenvalue weighted by Gasteiger charge is -2.35. The highest BCUT2D eigenvalue weighted by Gasteiger charge is 2.30. The zero-order valence-electron chi connectivity index (χ0n) is 13.5. The van der Waals surface area contributed by atoms with Crippen molar-refractivity contribution in [3.63, 3.8) is 0 Å². The number of amides is 1. The van der Waals surface area contributed by atoms with Crippen molar-refractivity contribution in [2.45, 2.75) is 45.3 Å². The van der Waals surface area contributed by atoms with Gasteiger partial charge in [-0.2, -0.15) is 0 Å². The Labute approximate surface area is 131 Å². The van der Waals surface area contributed by atoms with E-state index in [0.29, 0.717) is 18.7 Å². The molecule has 1 amide bonds. The molecule has 0 spiro atoms. The topological polar surface area (TPSA) is 55.6 Å². The van der Waals surface area contributed by atoms with Crippen LogP contribution in [0.15, 0.2) is 24.3 Å². The molecule has 2 N–H and O–H groups in total. The largest absolute Gasteiger partial charge is 0.444 e. The molecule has 0 aliphatic carbocycles.